The van der Waals surface area contributed by atoms with Gasteiger partial charge in [0, 0.05) is 26.1 Å². The Balaban J connectivity index is 1.98. The molecule has 0 atom stereocenters. The smallest absolute Gasteiger partial charge is 0.221 e. The topological polar surface area (TPSA) is 82.8 Å². The van der Waals surface area contributed by atoms with E-state index in [2.05, 4.69) is 20.6 Å². The van der Waals surface area contributed by atoms with Gasteiger partial charge in [0.1, 0.15) is 0 Å². The largest absolute Gasteiger partial charge is 0.354 e. The van der Waals surface area contributed by atoms with Gasteiger partial charge in [-0.05, 0) is 12.8 Å². The van der Waals surface area contributed by atoms with E-state index < -0.39 is 0 Å². The highest BCUT2D eigenvalue weighted by Gasteiger charge is 2.19. The van der Waals surface area contributed by atoms with E-state index in [1.54, 1.807) is 0 Å². The molecule has 1 amide bonds. The molecule has 2 aliphatic rings. The third kappa shape index (κ3) is 3.33. The van der Waals surface area contributed by atoms with Crippen molar-refractivity contribution in [1.29, 1.82) is 0 Å². The van der Waals surface area contributed by atoms with E-state index in [4.69, 9.17) is 5.84 Å². The van der Waals surface area contributed by atoms with Gasteiger partial charge in [0.2, 0.25) is 11.9 Å². The van der Waals surface area contributed by atoms with Crippen LogP contribution in [0.25, 0.3) is 0 Å². The second-order valence-electron chi connectivity index (χ2n) is 4.62. The van der Waals surface area contributed by atoms with Crippen molar-refractivity contribution in [2.45, 2.75) is 38.1 Å². The zero-order valence-corrected chi connectivity index (χ0v) is 10.1. The predicted octanol–water partition coefficient (Wildman–Crippen LogP) is -0.430. The van der Waals surface area contributed by atoms with Crippen LogP contribution in [0.4, 0.5) is 0 Å². The molecule has 2 rings (SSSR count). The van der Waals surface area contributed by atoms with Gasteiger partial charge in [0.15, 0.2) is 0 Å². The number of nitrogens with one attached hydrogen (secondary N) is 2. The normalized spacial score (nSPS) is 23.5. The maximum Gasteiger partial charge on any atom is 0.221 e. The molecule has 2 fully saturated rings. The van der Waals surface area contributed by atoms with Crippen molar-refractivity contribution < 1.29 is 4.79 Å². The minimum atomic E-state index is 0.102. The summed E-state index contributed by atoms with van der Waals surface area (Å²) < 4.78 is 0. The molecular weight excluding hydrogens is 218 g/mol. The number of guanidine groups is 1. The molecule has 0 bridgehead atoms. The maximum absolute atomic E-state index is 11.3. The van der Waals surface area contributed by atoms with E-state index in [-0.39, 0.29) is 5.91 Å². The molecule has 0 aromatic carbocycles. The van der Waals surface area contributed by atoms with E-state index in [9.17, 15) is 4.79 Å². The molecule has 17 heavy (non-hydrogen) atoms. The number of aliphatic imine (C=N–C) groups is 1. The van der Waals surface area contributed by atoms with Gasteiger partial charge < -0.3 is 10.2 Å². The Morgan fingerprint density at radius 1 is 1.41 bits per heavy atom. The molecule has 1 aliphatic heterocycles. The number of rotatable bonds is 1. The van der Waals surface area contributed by atoms with Crippen LogP contribution in [-0.2, 0) is 4.79 Å². The van der Waals surface area contributed by atoms with E-state index in [0.717, 1.165) is 25.3 Å². The van der Waals surface area contributed by atoms with Crippen molar-refractivity contribution in [3.05, 3.63) is 0 Å². The summed E-state index contributed by atoms with van der Waals surface area (Å²) in [7, 11) is 0. The Labute approximate surface area is 102 Å². The number of hydrogen-bond donors (Lipinski definition) is 3. The van der Waals surface area contributed by atoms with Crippen molar-refractivity contribution in [1.82, 2.24) is 15.6 Å². The number of hydrazine groups is 1. The first kappa shape index (κ1) is 12.2. The number of nitrogens with zero attached hydrogens (tertiary/aromatic N) is 2. The standard InChI is InChI=1S/C11H21N5O/c12-15-11(14-9-3-1-2-4-9)16-7-5-10(17)13-6-8-16/h9H,1-8,12H2,(H,13,17)(H,14,15). The fourth-order valence-corrected chi connectivity index (χ4v) is 2.40. The Bertz CT molecular complexity index is 298. The average molecular weight is 239 g/mol. The zero-order chi connectivity index (χ0) is 12.1. The van der Waals surface area contributed by atoms with Crippen LogP contribution >= 0.6 is 0 Å². The summed E-state index contributed by atoms with van der Waals surface area (Å²) in [4.78, 5) is 18.0. The molecule has 1 aliphatic carbocycles. The van der Waals surface area contributed by atoms with E-state index in [0.29, 0.717) is 25.6 Å². The lowest BCUT2D eigenvalue weighted by molar-refractivity contribution is -0.120. The Kier molecular flexibility index (Phi) is 4.19. The van der Waals surface area contributed by atoms with Gasteiger partial charge in [-0.25, -0.2) is 10.8 Å². The molecule has 4 N–H and O–H groups in total. The first-order valence-corrected chi connectivity index (χ1v) is 6.35. The number of carbonyl (C=O) groups is 1. The van der Waals surface area contributed by atoms with Gasteiger partial charge in [-0.3, -0.25) is 10.2 Å². The fraction of sp³-hybridized carbons (Fsp3) is 0.818. The average Bonchev–Trinajstić information content (AvgIpc) is 2.75. The van der Waals surface area contributed by atoms with Gasteiger partial charge in [0.05, 0.1) is 6.04 Å². The van der Waals surface area contributed by atoms with Crippen LogP contribution < -0.4 is 16.6 Å². The third-order valence-electron chi connectivity index (χ3n) is 3.37. The molecule has 0 aromatic heterocycles. The van der Waals surface area contributed by atoms with Crippen molar-refractivity contribution in [3.8, 4) is 0 Å². The second-order valence-corrected chi connectivity index (χ2v) is 4.62. The minimum Gasteiger partial charge on any atom is -0.354 e. The fourth-order valence-electron chi connectivity index (χ4n) is 2.40. The lowest BCUT2D eigenvalue weighted by Gasteiger charge is -2.23. The quantitative estimate of drug-likeness (QED) is 0.251. The van der Waals surface area contributed by atoms with Crippen LogP contribution in [-0.4, -0.2) is 42.4 Å². The van der Waals surface area contributed by atoms with Crippen LogP contribution in [0.15, 0.2) is 4.99 Å². The summed E-state index contributed by atoms with van der Waals surface area (Å²) in [6, 6.07) is 0.396. The molecule has 1 saturated heterocycles. The van der Waals surface area contributed by atoms with Gasteiger partial charge >= 0.3 is 0 Å². The van der Waals surface area contributed by atoms with Crippen molar-refractivity contribution in [2.75, 3.05) is 19.6 Å². The molecule has 1 saturated carbocycles. The zero-order valence-electron chi connectivity index (χ0n) is 10.1. The van der Waals surface area contributed by atoms with Gasteiger partial charge in [-0.1, -0.05) is 12.8 Å². The van der Waals surface area contributed by atoms with E-state index in [1.807, 2.05) is 0 Å². The third-order valence-corrected chi connectivity index (χ3v) is 3.37. The summed E-state index contributed by atoms with van der Waals surface area (Å²) in [5.74, 6) is 6.37. The summed E-state index contributed by atoms with van der Waals surface area (Å²) in [5.41, 5.74) is 2.68. The highest BCUT2D eigenvalue weighted by Crippen LogP contribution is 2.21. The number of nitrogens with two attached hydrogens (primary N) is 1. The molecule has 0 unspecified atom stereocenters. The summed E-state index contributed by atoms with van der Waals surface area (Å²) in [6.07, 6.45) is 5.32. The van der Waals surface area contributed by atoms with Crippen LogP contribution in [0.3, 0.4) is 0 Å². The van der Waals surface area contributed by atoms with Crippen LogP contribution in [0.5, 0.6) is 0 Å². The second kappa shape index (κ2) is 5.86. The summed E-state index contributed by atoms with van der Waals surface area (Å²) >= 11 is 0. The molecule has 0 radical (unpaired) electrons. The first-order chi connectivity index (χ1) is 8.29. The number of hydrogen-bond acceptors (Lipinski definition) is 3. The van der Waals surface area contributed by atoms with E-state index in [1.165, 1.54) is 12.8 Å². The molecule has 6 heteroatoms. The van der Waals surface area contributed by atoms with Crippen LogP contribution in [0.2, 0.25) is 0 Å². The van der Waals surface area contributed by atoms with Crippen molar-refractivity contribution in [2.24, 2.45) is 10.8 Å². The summed E-state index contributed by atoms with van der Waals surface area (Å²) in [6.45, 7) is 2.10. The lowest BCUT2D eigenvalue weighted by Crippen LogP contribution is -2.46. The maximum atomic E-state index is 11.3. The van der Waals surface area contributed by atoms with Gasteiger partial charge in [-0.15, -0.1) is 0 Å². The highest BCUT2D eigenvalue weighted by atomic mass is 16.1. The van der Waals surface area contributed by atoms with Crippen molar-refractivity contribution in [3.63, 3.8) is 0 Å². The van der Waals surface area contributed by atoms with Gasteiger partial charge in [0.25, 0.3) is 0 Å². The lowest BCUT2D eigenvalue weighted by atomic mass is 10.3. The molecule has 6 nitrogen and oxygen atoms in total. The Hall–Kier alpha value is -1.30. The minimum absolute atomic E-state index is 0.102. The monoisotopic (exact) mass is 239 g/mol. The first-order valence-electron chi connectivity index (χ1n) is 6.35. The Morgan fingerprint density at radius 3 is 2.88 bits per heavy atom. The highest BCUT2D eigenvalue weighted by molar-refractivity contribution is 5.82. The summed E-state index contributed by atoms with van der Waals surface area (Å²) in [5, 5.41) is 2.84. The molecule has 0 spiro atoms. The van der Waals surface area contributed by atoms with E-state index >= 15 is 0 Å². The molecular formula is C11H21N5O. The molecule has 0 aromatic rings. The SMILES string of the molecule is NNC(=NC1CCCC1)N1CCNC(=O)CC1. The van der Waals surface area contributed by atoms with Crippen LogP contribution in [0.1, 0.15) is 32.1 Å². The number of carbonyl (C=O) groups excluding carboxylic acids is 1. The van der Waals surface area contributed by atoms with Crippen LogP contribution in [0, 0.1) is 0 Å². The van der Waals surface area contributed by atoms with Gasteiger partial charge in [-0.2, -0.15) is 0 Å². The number of amides is 1. The molecule has 96 valence electrons. The van der Waals surface area contributed by atoms with Crippen molar-refractivity contribution >= 4 is 11.9 Å². The predicted molar refractivity (Wildman–Crippen MR) is 66.2 cm³/mol. The Morgan fingerprint density at radius 2 is 2.18 bits per heavy atom. The molecule has 1 heterocycles.